The van der Waals surface area contributed by atoms with Crippen LogP contribution in [0.2, 0.25) is 0 Å². The van der Waals surface area contributed by atoms with Gasteiger partial charge in [-0.3, -0.25) is 4.79 Å². The highest BCUT2D eigenvalue weighted by molar-refractivity contribution is 5.69. The molecule has 1 aliphatic rings. The second kappa shape index (κ2) is 7.26. The normalized spacial score (nSPS) is 15.4. The Morgan fingerprint density at radius 1 is 1.16 bits per heavy atom. The maximum absolute atomic E-state index is 14.2. The molecule has 0 saturated heterocycles. The Hall–Kier alpha value is -2.36. The molecule has 0 saturated carbocycles. The Morgan fingerprint density at radius 2 is 1.88 bits per heavy atom. The van der Waals surface area contributed by atoms with E-state index in [4.69, 9.17) is 5.11 Å². The predicted molar refractivity (Wildman–Crippen MR) is 97.7 cm³/mol. The Balaban J connectivity index is 1.78. The molecule has 25 heavy (non-hydrogen) atoms. The SMILES string of the molecule is Cc1ccc(F)c(N2CCc3ccc(C[C@@H](C)C(=O)O)cc3CC2)c1. The van der Waals surface area contributed by atoms with Crippen molar-refractivity contribution in [3.8, 4) is 0 Å². The average Bonchev–Trinajstić information content (AvgIpc) is 2.79. The number of hydrogen-bond acceptors (Lipinski definition) is 2. The average molecular weight is 341 g/mol. The van der Waals surface area contributed by atoms with Crippen LogP contribution in [0, 0.1) is 18.7 Å². The predicted octanol–water partition coefficient (Wildman–Crippen LogP) is 4.00. The molecule has 0 aliphatic carbocycles. The second-order valence-corrected chi connectivity index (χ2v) is 6.99. The largest absolute Gasteiger partial charge is 0.481 e. The molecule has 2 aromatic carbocycles. The minimum atomic E-state index is -0.768. The molecular formula is C21H24FNO2. The van der Waals surface area contributed by atoms with E-state index in [0.717, 1.165) is 37.1 Å². The van der Waals surface area contributed by atoms with Gasteiger partial charge in [-0.15, -0.1) is 0 Å². The number of hydrogen-bond donors (Lipinski definition) is 1. The number of benzene rings is 2. The first-order valence-electron chi connectivity index (χ1n) is 8.78. The summed E-state index contributed by atoms with van der Waals surface area (Å²) >= 11 is 0. The number of halogens is 1. The Kier molecular flexibility index (Phi) is 5.07. The van der Waals surface area contributed by atoms with Gasteiger partial charge in [0.05, 0.1) is 11.6 Å². The first-order valence-corrected chi connectivity index (χ1v) is 8.78. The molecule has 0 amide bonds. The van der Waals surface area contributed by atoms with Gasteiger partial charge in [0.25, 0.3) is 0 Å². The second-order valence-electron chi connectivity index (χ2n) is 6.99. The molecule has 0 fully saturated rings. The van der Waals surface area contributed by atoms with Crippen molar-refractivity contribution in [3.05, 3.63) is 64.5 Å². The van der Waals surface area contributed by atoms with Crippen LogP contribution in [0.4, 0.5) is 10.1 Å². The molecule has 0 bridgehead atoms. The molecule has 0 unspecified atom stereocenters. The lowest BCUT2D eigenvalue weighted by atomic mass is 9.95. The molecule has 0 spiro atoms. The number of aliphatic carboxylic acids is 1. The molecular weight excluding hydrogens is 317 g/mol. The summed E-state index contributed by atoms with van der Waals surface area (Å²) < 4.78 is 14.2. The summed E-state index contributed by atoms with van der Waals surface area (Å²) in [5, 5.41) is 9.09. The van der Waals surface area contributed by atoms with Gasteiger partial charge in [-0.2, -0.15) is 0 Å². The summed E-state index contributed by atoms with van der Waals surface area (Å²) in [6.07, 6.45) is 2.26. The van der Waals surface area contributed by atoms with E-state index in [2.05, 4.69) is 17.0 Å². The Bertz CT molecular complexity index is 787. The van der Waals surface area contributed by atoms with Crippen molar-refractivity contribution in [2.24, 2.45) is 5.92 Å². The van der Waals surface area contributed by atoms with Gasteiger partial charge < -0.3 is 10.0 Å². The van der Waals surface area contributed by atoms with Crippen LogP contribution in [0.5, 0.6) is 0 Å². The van der Waals surface area contributed by atoms with Crippen molar-refractivity contribution in [2.45, 2.75) is 33.1 Å². The molecule has 3 nitrogen and oxygen atoms in total. The molecule has 1 atom stereocenters. The van der Waals surface area contributed by atoms with Crippen LogP contribution in [-0.2, 0) is 24.1 Å². The van der Waals surface area contributed by atoms with Crippen LogP contribution < -0.4 is 4.90 Å². The van der Waals surface area contributed by atoms with E-state index < -0.39 is 5.97 Å². The number of anilines is 1. The number of carbonyl (C=O) groups is 1. The smallest absolute Gasteiger partial charge is 0.306 e. The molecule has 1 heterocycles. The third kappa shape index (κ3) is 4.01. The zero-order valence-corrected chi connectivity index (χ0v) is 14.8. The van der Waals surface area contributed by atoms with Crippen LogP contribution in [0.3, 0.4) is 0 Å². The maximum Gasteiger partial charge on any atom is 0.306 e. The van der Waals surface area contributed by atoms with Crippen molar-refractivity contribution in [3.63, 3.8) is 0 Å². The standard InChI is InChI=1S/C21H24FNO2/c1-14-3-6-19(22)20(11-14)23-9-7-17-5-4-16(12-15(2)21(24)25)13-18(17)8-10-23/h3-6,11,13,15H,7-10,12H2,1-2H3,(H,24,25)/t15-/m1/s1. The Morgan fingerprint density at radius 3 is 2.60 bits per heavy atom. The van der Waals surface area contributed by atoms with Gasteiger partial charge in [0.1, 0.15) is 5.82 Å². The van der Waals surface area contributed by atoms with Gasteiger partial charge in [0.15, 0.2) is 0 Å². The fourth-order valence-electron chi connectivity index (χ4n) is 3.45. The van der Waals surface area contributed by atoms with Crippen molar-refractivity contribution < 1.29 is 14.3 Å². The molecule has 2 aromatic rings. The number of fused-ring (bicyclic) bond motifs is 1. The van der Waals surface area contributed by atoms with E-state index in [9.17, 15) is 9.18 Å². The minimum Gasteiger partial charge on any atom is -0.481 e. The Labute approximate surface area is 148 Å². The first kappa shape index (κ1) is 17.5. The number of rotatable bonds is 4. The lowest BCUT2D eigenvalue weighted by Gasteiger charge is -2.23. The molecule has 3 rings (SSSR count). The first-order chi connectivity index (χ1) is 11.9. The maximum atomic E-state index is 14.2. The van der Waals surface area contributed by atoms with E-state index in [1.807, 2.05) is 19.1 Å². The van der Waals surface area contributed by atoms with Crippen molar-refractivity contribution in [1.82, 2.24) is 0 Å². The zero-order chi connectivity index (χ0) is 18.0. The quantitative estimate of drug-likeness (QED) is 0.914. The van der Waals surface area contributed by atoms with Gasteiger partial charge in [0, 0.05) is 13.1 Å². The van der Waals surface area contributed by atoms with Crippen LogP contribution in [0.1, 0.15) is 29.2 Å². The van der Waals surface area contributed by atoms with Crippen molar-refractivity contribution >= 4 is 11.7 Å². The topological polar surface area (TPSA) is 40.5 Å². The fourth-order valence-corrected chi connectivity index (χ4v) is 3.45. The van der Waals surface area contributed by atoms with Crippen LogP contribution >= 0.6 is 0 Å². The third-order valence-electron chi connectivity index (χ3n) is 4.98. The highest BCUT2D eigenvalue weighted by Crippen LogP contribution is 2.25. The zero-order valence-electron chi connectivity index (χ0n) is 14.8. The van der Waals surface area contributed by atoms with Crippen LogP contribution in [0.15, 0.2) is 36.4 Å². The van der Waals surface area contributed by atoms with E-state index in [1.54, 1.807) is 13.0 Å². The molecule has 0 radical (unpaired) electrons. The molecule has 0 aromatic heterocycles. The van der Waals surface area contributed by atoms with Crippen molar-refractivity contribution in [2.75, 3.05) is 18.0 Å². The van der Waals surface area contributed by atoms with Gasteiger partial charge in [-0.05, 0) is 60.6 Å². The highest BCUT2D eigenvalue weighted by Gasteiger charge is 2.18. The van der Waals surface area contributed by atoms with E-state index in [1.165, 1.54) is 17.2 Å². The van der Waals surface area contributed by atoms with Gasteiger partial charge in [0.2, 0.25) is 0 Å². The lowest BCUT2D eigenvalue weighted by molar-refractivity contribution is -0.141. The van der Waals surface area contributed by atoms with Crippen molar-refractivity contribution in [1.29, 1.82) is 0 Å². The summed E-state index contributed by atoms with van der Waals surface area (Å²) in [4.78, 5) is 13.2. The third-order valence-corrected chi connectivity index (χ3v) is 4.98. The minimum absolute atomic E-state index is 0.174. The van der Waals surface area contributed by atoms with Gasteiger partial charge >= 0.3 is 5.97 Å². The van der Waals surface area contributed by atoms with E-state index >= 15 is 0 Å². The fraction of sp³-hybridized carbons (Fsp3) is 0.381. The summed E-state index contributed by atoms with van der Waals surface area (Å²) in [7, 11) is 0. The highest BCUT2D eigenvalue weighted by atomic mass is 19.1. The monoisotopic (exact) mass is 341 g/mol. The van der Waals surface area contributed by atoms with E-state index in [-0.39, 0.29) is 11.7 Å². The lowest BCUT2D eigenvalue weighted by Crippen LogP contribution is -2.27. The number of carboxylic acids is 1. The summed E-state index contributed by atoms with van der Waals surface area (Å²) in [5.74, 6) is -1.33. The number of carboxylic acid groups (broad SMARTS) is 1. The summed E-state index contributed by atoms with van der Waals surface area (Å²) in [6.45, 7) is 5.27. The van der Waals surface area contributed by atoms with E-state index in [0.29, 0.717) is 12.1 Å². The van der Waals surface area contributed by atoms with Crippen LogP contribution in [0.25, 0.3) is 0 Å². The number of nitrogens with zero attached hydrogens (tertiary/aromatic N) is 1. The molecule has 1 N–H and O–H groups in total. The molecule has 132 valence electrons. The van der Waals surface area contributed by atoms with Gasteiger partial charge in [-0.1, -0.05) is 31.2 Å². The summed E-state index contributed by atoms with van der Waals surface area (Å²) in [5.41, 5.74) is 5.33. The van der Waals surface area contributed by atoms with Crippen LogP contribution in [-0.4, -0.2) is 24.2 Å². The molecule has 4 heteroatoms. The number of aryl methyl sites for hydroxylation is 1. The van der Waals surface area contributed by atoms with Gasteiger partial charge in [-0.25, -0.2) is 4.39 Å². The summed E-state index contributed by atoms with van der Waals surface area (Å²) in [6, 6.07) is 11.5. The molecule has 1 aliphatic heterocycles.